The van der Waals surface area contributed by atoms with Crippen LogP contribution in [0.3, 0.4) is 0 Å². The molecule has 2 aromatic rings. The van der Waals surface area contributed by atoms with E-state index in [1.165, 1.54) is 5.56 Å². The highest BCUT2D eigenvalue weighted by Crippen LogP contribution is 2.23. The number of rotatable bonds is 4. The van der Waals surface area contributed by atoms with Gasteiger partial charge in [-0.25, -0.2) is 0 Å². The van der Waals surface area contributed by atoms with Crippen molar-refractivity contribution in [2.24, 2.45) is 0 Å². The normalized spacial score (nSPS) is 9.26. The van der Waals surface area contributed by atoms with Crippen molar-refractivity contribution in [3.05, 3.63) is 59.7 Å². The molecule has 0 spiro atoms. The summed E-state index contributed by atoms with van der Waals surface area (Å²) in [5.74, 6) is 1.75. The van der Waals surface area contributed by atoms with Crippen molar-refractivity contribution in [3.63, 3.8) is 0 Å². The molecule has 0 saturated heterocycles. The first-order valence-electron chi connectivity index (χ1n) is 6.61. The average Bonchev–Trinajstić information content (AvgIpc) is 2.48. The van der Waals surface area contributed by atoms with Crippen LogP contribution >= 0.6 is 0 Å². The van der Waals surface area contributed by atoms with Crippen LogP contribution < -0.4 is 9.47 Å². The summed E-state index contributed by atoms with van der Waals surface area (Å²) in [4.78, 5) is 0. The van der Waals surface area contributed by atoms with Gasteiger partial charge >= 0.3 is 0 Å². The minimum atomic E-state index is 0.590. The summed E-state index contributed by atoms with van der Waals surface area (Å²) in [6, 6.07) is 16.0. The van der Waals surface area contributed by atoms with Gasteiger partial charge in [-0.05, 0) is 36.2 Å². The lowest BCUT2D eigenvalue weighted by atomic mass is 10.2. The van der Waals surface area contributed by atoms with Crippen LogP contribution in [-0.2, 0) is 6.61 Å². The number of hydrogen-bond acceptors (Lipinski definition) is 2. The minimum Gasteiger partial charge on any atom is -0.496 e. The second kappa shape index (κ2) is 8.20. The van der Waals surface area contributed by atoms with E-state index >= 15 is 0 Å². The van der Waals surface area contributed by atoms with E-state index in [1.54, 1.807) is 7.11 Å². The summed E-state index contributed by atoms with van der Waals surface area (Å²) in [5, 5.41) is 0. The highest BCUT2D eigenvalue weighted by Gasteiger charge is 2.00. The number of hydrogen-bond donors (Lipinski definition) is 0. The molecule has 0 heterocycles. The summed E-state index contributed by atoms with van der Waals surface area (Å²) >= 11 is 0. The van der Waals surface area contributed by atoms with Gasteiger partial charge in [0.2, 0.25) is 0 Å². The monoisotopic (exact) mass is 258 g/mol. The maximum Gasteiger partial charge on any atom is 0.122 e. The summed E-state index contributed by atoms with van der Waals surface area (Å²) < 4.78 is 10.9. The Balaban J connectivity index is 0.000000861. The Labute approximate surface area is 116 Å². The summed E-state index contributed by atoms with van der Waals surface area (Å²) in [7, 11) is 1.67. The third-order valence-corrected chi connectivity index (χ3v) is 2.61. The SMILES string of the molecule is CC.COc1ccc(OCc2ccccc2)cc1C. The minimum absolute atomic E-state index is 0.590. The fraction of sp³-hybridized carbons (Fsp3) is 0.294. The second-order valence-electron chi connectivity index (χ2n) is 3.91. The Morgan fingerprint density at radius 2 is 1.63 bits per heavy atom. The molecule has 0 unspecified atom stereocenters. The van der Waals surface area contributed by atoms with Gasteiger partial charge in [-0.2, -0.15) is 0 Å². The first-order valence-corrected chi connectivity index (χ1v) is 6.61. The fourth-order valence-electron chi connectivity index (χ4n) is 1.68. The van der Waals surface area contributed by atoms with Crippen molar-refractivity contribution in [1.29, 1.82) is 0 Å². The predicted molar refractivity (Wildman–Crippen MR) is 79.9 cm³/mol. The van der Waals surface area contributed by atoms with Crippen molar-refractivity contribution < 1.29 is 9.47 Å². The zero-order valence-electron chi connectivity index (χ0n) is 12.1. The van der Waals surface area contributed by atoms with Gasteiger partial charge in [0.25, 0.3) is 0 Å². The maximum absolute atomic E-state index is 5.72. The Bertz CT molecular complexity index is 478. The van der Waals surface area contributed by atoms with Crippen molar-refractivity contribution in [2.75, 3.05) is 7.11 Å². The van der Waals surface area contributed by atoms with Crippen LogP contribution in [-0.4, -0.2) is 7.11 Å². The van der Waals surface area contributed by atoms with Crippen LogP contribution in [0.4, 0.5) is 0 Å². The molecule has 0 saturated carbocycles. The molecule has 2 heteroatoms. The second-order valence-corrected chi connectivity index (χ2v) is 3.91. The van der Waals surface area contributed by atoms with E-state index in [4.69, 9.17) is 9.47 Å². The molecule has 0 amide bonds. The van der Waals surface area contributed by atoms with Gasteiger partial charge in [0.05, 0.1) is 7.11 Å². The Morgan fingerprint density at radius 1 is 0.947 bits per heavy atom. The van der Waals surface area contributed by atoms with E-state index in [0.717, 1.165) is 17.1 Å². The number of aryl methyl sites for hydroxylation is 1. The first-order chi connectivity index (χ1) is 9.29. The van der Waals surface area contributed by atoms with Crippen molar-refractivity contribution in [3.8, 4) is 11.5 Å². The lowest BCUT2D eigenvalue weighted by Crippen LogP contribution is -1.96. The number of methoxy groups -OCH3 is 1. The first kappa shape index (κ1) is 15.1. The lowest BCUT2D eigenvalue weighted by molar-refractivity contribution is 0.305. The van der Waals surface area contributed by atoms with E-state index in [2.05, 4.69) is 12.1 Å². The molecular weight excluding hydrogens is 236 g/mol. The van der Waals surface area contributed by atoms with Crippen LogP contribution in [0.15, 0.2) is 48.5 Å². The smallest absolute Gasteiger partial charge is 0.122 e. The predicted octanol–water partition coefficient (Wildman–Crippen LogP) is 4.61. The molecule has 0 radical (unpaired) electrons. The van der Waals surface area contributed by atoms with Crippen molar-refractivity contribution in [2.45, 2.75) is 27.4 Å². The summed E-state index contributed by atoms with van der Waals surface area (Å²) in [6.45, 7) is 6.60. The highest BCUT2D eigenvalue weighted by molar-refractivity contribution is 5.39. The van der Waals surface area contributed by atoms with Crippen LogP contribution in [0.1, 0.15) is 25.0 Å². The van der Waals surface area contributed by atoms with Gasteiger partial charge in [0.1, 0.15) is 18.1 Å². The van der Waals surface area contributed by atoms with Gasteiger partial charge in [-0.15, -0.1) is 0 Å². The number of benzene rings is 2. The zero-order chi connectivity index (χ0) is 14.1. The van der Waals surface area contributed by atoms with E-state index in [9.17, 15) is 0 Å². The molecule has 102 valence electrons. The standard InChI is InChI=1S/C15H16O2.C2H6/c1-12-10-14(8-9-15(12)16-2)17-11-13-6-4-3-5-7-13;1-2/h3-10H,11H2,1-2H3;1-2H3. The summed E-state index contributed by atoms with van der Waals surface area (Å²) in [6.07, 6.45) is 0. The van der Waals surface area contributed by atoms with Crippen LogP contribution in [0.2, 0.25) is 0 Å². The number of ether oxygens (including phenoxy) is 2. The maximum atomic E-state index is 5.72. The van der Waals surface area contributed by atoms with Crippen molar-refractivity contribution >= 4 is 0 Å². The van der Waals surface area contributed by atoms with Gasteiger partial charge in [0, 0.05) is 0 Å². The molecular formula is C17H22O2. The third-order valence-electron chi connectivity index (χ3n) is 2.61. The van der Waals surface area contributed by atoms with Crippen molar-refractivity contribution in [1.82, 2.24) is 0 Å². The lowest BCUT2D eigenvalue weighted by Gasteiger charge is -2.09. The molecule has 0 N–H and O–H groups in total. The topological polar surface area (TPSA) is 18.5 Å². The molecule has 0 fully saturated rings. The molecule has 2 nitrogen and oxygen atoms in total. The van der Waals surface area contributed by atoms with E-state index in [1.807, 2.05) is 57.2 Å². The Morgan fingerprint density at radius 3 is 2.21 bits per heavy atom. The zero-order valence-corrected chi connectivity index (χ0v) is 12.1. The summed E-state index contributed by atoms with van der Waals surface area (Å²) in [5.41, 5.74) is 2.25. The average molecular weight is 258 g/mol. The Kier molecular flexibility index (Phi) is 6.51. The van der Waals surface area contributed by atoms with Gasteiger partial charge < -0.3 is 9.47 Å². The molecule has 0 atom stereocenters. The third kappa shape index (κ3) is 4.66. The molecule has 0 aromatic heterocycles. The molecule has 0 aliphatic heterocycles. The van der Waals surface area contributed by atoms with Gasteiger partial charge in [-0.1, -0.05) is 44.2 Å². The van der Waals surface area contributed by atoms with E-state index in [-0.39, 0.29) is 0 Å². The fourth-order valence-corrected chi connectivity index (χ4v) is 1.68. The molecule has 0 aliphatic rings. The van der Waals surface area contributed by atoms with Crippen LogP contribution in [0, 0.1) is 6.92 Å². The highest BCUT2D eigenvalue weighted by atomic mass is 16.5. The largest absolute Gasteiger partial charge is 0.496 e. The van der Waals surface area contributed by atoms with Gasteiger partial charge in [-0.3, -0.25) is 0 Å². The van der Waals surface area contributed by atoms with Gasteiger partial charge in [0.15, 0.2) is 0 Å². The van der Waals surface area contributed by atoms with Crippen LogP contribution in [0.5, 0.6) is 11.5 Å². The Hall–Kier alpha value is -1.96. The molecule has 0 aliphatic carbocycles. The molecule has 19 heavy (non-hydrogen) atoms. The molecule has 2 rings (SSSR count). The molecule has 2 aromatic carbocycles. The quantitative estimate of drug-likeness (QED) is 0.797. The van der Waals surface area contributed by atoms with E-state index < -0.39 is 0 Å². The van der Waals surface area contributed by atoms with Crippen LogP contribution in [0.25, 0.3) is 0 Å². The molecule has 0 bridgehead atoms. The van der Waals surface area contributed by atoms with E-state index in [0.29, 0.717) is 6.61 Å².